The Hall–Kier alpha value is -2.24. The zero-order valence-corrected chi connectivity index (χ0v) is 16.0. The second-order valence-corrected chi connectivity index (χ2v) is 7.82. The highest BCUT2D eigenvalue weighted by atomic mass is 79.9. The van der Waals surface area contributed by atoms with Crippen LogP contribution in [0, 0.1) is 6.92 Å². The molecule has 0 radical (unpaired) electrons. The van der Waals surface area contributed by atoms with Crippen molar-refractivity contribution in [3.8, 4) is 10.4 Å². The maximum Gasteiger partial charge on any atom is 0.262 e. The maximum absolute atomic E-state index is 13.0. The van der Waals surface area contributed by atoms with Crippen molar-refractivity contribution in [2.24, 2.45) is 0 Å². The Labute approximate surface area is 157 Å². The first-order chi connectivity index (χ1) is 12.1. The Morgan fingerprint density at radius 1 is 1.12 bits per heavy atom. The number of fused-ring (bicyclic) bond motifs is 1. The number of benzene rings is 2. The third-order valence-corrected chi connectivity index (χ3v) is 5.94. The van der Waals surface area contributed by atoms with Crippen LogP contribution >= 0.6 is 27.3 Å². The van der Waals surface area contributed by atoms with Crippen molar-refractivity contribution in [2.75, 3.05) is 0 Å². The van der Waals surface area contributed by atoms with Gasteiger partial charge < -0.3 is 0 Å². The molecule has 0 aliphatic heterocycles. The molecule has 0 unspecified atom stereocenters. The van der Waals surface area contributed by atoms with E-state index in [1.54, 1.807) is 22.2 Å². The molecule has 0 aliphatic carbocycles. The van der Waals surface area contributed by atoms with Gasteiger partial charge in [0.15, 0.2) is 0 Å². The van der Waals surface area contributed by atoms with E-state index >= 15 is 0 Å². The summed E-state index contributed by atoms with van der Waals surface area (Å²) in [5, 5.41) is 0.723. The van der Waals surface area contributed by atoms with Crippen LogP contribution in [0.3, 0.4) is 0 Å². The van der Waals surface area contributed by atoms with Crippen LogP contribution in [0.15, 0.2) is 70.2 Å². The van der Waals surface area contributed by atoms with Gasteiger partial charge in [0.05, 0.1) is 18.3 Å². The average molecular weight is 411 g/mol. The topological polar surface area (TPSA) is 34.9 Å². The van der Waals surface area contributed by atoms with E-state index in [0.717, 1.165) is 36.3 Å². The molecule has 4 rings (SSSR count). The van der Waals surface area contributed by atoms with Gasteiger partial charge in [0.25, 0.3) is 5.56 Å². The highest BCUT2D eigenvalue weighted by Gasteiger charge is 2.15. The molecule has 2 aromatic heterocycles. The number of thiophene rings is 1. The fraction of sp³-hybridized carbons (Fsp3) is 0.100. The summed E-state index contributed by atoms with van der Waals surface area (Å²) in [7, 11) is 0. The molecule has 25 heavy (non-hydrogen) atoms. The molecule has 0 amide bonds. The van der Waals surface area contributed by atoms with E-state index in [0.29, 0.717) is 6.54 Å². The van der Waals surface area contributed by atoms with E-state index in [9.17, 15) is 4.79 Å². The summed E-state index contributed by atoms with van der Waals surface area (Å²) in [5.41, 5.74) is 3.21. The lowest BCUT2D eigenvalue weighted by atomic mass is 10.1. The van der Waals surface area contributed by atoms with Crippen molar-refractivity contribution in [1.29, 1.82) is 0 Å². The summed E-state index contributed by atoms with van der Waals surface area (Å²) >= 11 is 5.05. The van der Waals surface area contributed by atoms with Crippen LogP contribution < -0.4 is 5.56 Å². The highest BCUT2D eigenvalue weighted by Crippen LogP contribution is 2.35. The molecule has 5 heteroatoms. The molecule has 2 heterocycles. The largest absolute Gasteiger partial charge is 0.294 e. The Balaban J connectivity index is 1.83. The van der Waals surface area contributed by atoms with E-state index < -0.39 is 0 Å². The quantitative estimate of drug-likeness (QED) is 0.462. The summed E-state index contributed by atoms with van der Waals surface area (Å²) in [6, 6.07) is 18.1. The molecule has 0 fully saturated rings. The SMILES string of the molecule is Cc1c(-c2ccccc2)sc2ncn(Cc3cccc(Br)c3)c(=O)c12. The van der Waals surface area contributed by atoms with Crippen molar-refractivity contribution in [3.05, 3.63) is 86.9 Å². The molecule has 2 aromatic carbocycles. The minimum Gasteiger partial charge on any atom is -0.294 e. The molecule has 3 nitrogen and oxygen atoms in total. The first-order valence-corrected chi connectivity index (χ1v) is 9.53. The number of hydrogen-bond acceptors (Lipinski definition) is 3. The zero-order valence-electron chi connectivity index (χ0n) is 13.6. The van der Waals surface area contributed by atoms with Gasteiger partial charge in [-0.1, -0.05) is 58.4 Å². The predicted octanol–water partition coefficient (Wildman–Crippen LogP) is 5.24. The fourth-order valence-corrected chi connectivity index (χ4v) is 4.56. The third-order valence-electron chi connectivity index (χ3n) is 4.20. The maximum atomic E-state index is 13.0. The number of hydrogen-bond donors (Lipinski definition) is 0. The van der Waals surface area contributed by atoms with Crippen LogP contribution in [0.1, 0.15) is 11.1 Å². The lowest BCUT2D eigenvalue weighted by Crippen LogP contribution is -2.21. The van der Waals surface area contributed by atoms with Gasteiger partial charge in [-0.2, -0.15) is 0 Å². The zero-order chi connectivity index (χ0) is 17.4. The number of rotatable bonds is 3. The second-order valence-electron chi connectivity index (χ2n) is 5.91. The van der Waals surface area contributed by atoms with Gasteiger partial charge in [-0.25, -0.2) is 4.98 Å². The Kier molecular flexibility index (Phi) is 4.27. The van der Waals surface area contributed by atoms with E-state index in [1.165, 1.54) is 0 Å². The van der Waals surface area contributed by atoms with E-state index in [-0.39, 0.29) is 5.56 Å². The Morgan fingerprint density at radius 3 is 2.68 bits per heavy atom. The number of halogens is 1. The second kappa shape index (κ2) is 6.58. The van der Waals surface area contributed by atoms with Crippen LogP contribution in [0.5, 0.6) is 0 Å². The summed E-state index contributed by atoms with van der Waals surface area (Å²) in [5.74, 6) is 0. The fourth-order valence-electron chi connectivity index (χ4n) is 2.97. The highest BCUT2D eigenvalue weighted by molar-refractivity contribution is 9.10. The van der Waals surface area contributed by atoms with Crippen molar-refractivity contribution in [2.45, 2.75) is 13.5 Å². The average Bonchev–Trinajstić information content (AvgIpc) is 2.96. The predicted molar refractivity (Wildman–Crippen MR) is 107 cm³/mol. The van der Waals surface area contributed by atoms with Gasteiger partial charge in [0.1, 0.15) is 4.83 Å². The molecule has 0 bridgehead atoms. The first-order valence-electron chi connectivity index (χ1n) is 7.92. The standard InChI is InChI=1S/C20H15BrN2OS/c1-13-17-19(25-18(13)15-7-3-2-4-8-15)22-12-23(20(17)24)11-14-6-5-9-16(21)10-14/h2-10,12H,11H2,1H3. The van der Waals surface area contributed by atoms with Gasteiger partial charge in [-0.3, -0.25) is 9.36 Å². The monoisotopic (exact) mass is 410 g/mol. The summed E-state index contributed by atoms with van der Waals surface area (Å²) < 4.78 is 2.68. The van der Waals surface area contributed by atoms with E-state index in [4.69, 9.17) is 0 Å². The summed E-state index contributed by atoms with van der Waals surface area (Å²) in [6.45, 7) is 2.52. The number of aromatic nitrogens is 2. The lowest BCUT2D eigenvalue weighted by Gasteiger charge is -2.06. The van der Waals surface area contributed by atoms with Crippen LogP contribution in [-0.4, -0.2) is 9.55 Å². The van der Waals surface area contributed by atoms with Crippen molar-refractivity contribution in [1.82, 2.24) is 9.55 Å². The van der Waals surface area contributed by atoms with Crippen LogP contribution in [0.4, 0.5) is 0 Å². The smallest absolute Gasteiger partial charge is 0.262 e. The molecule has 4 aromatic rings. The van der Waals surface area contributed by atoms with Gasteiger partial charge in [0.2, 0.25) is 0 Å². The molecule has 124 valence electrons. The molecule has 0 aliphatic rings. The number of aryl methyl sites for hydroxylation is 1. The van der Waals surface area contributed by atoms with Crippen molar-refractivity contribution >= 4 is 37.5 Å². The van der Waals surface area contributed by atoms with Gasteiger partial charge in [0, 0.05) is 9.35 Å². The first kappa shape index (κ1) is 16.2. The third kappa shape index (κ3) is 3.05. The summed E-state index contributed by atoms with van der Waals surface area (Å²) in [4.78, 5) is 19.4. The minimum atomic E-state index is 0.0147. The van der Waals surface area contributed by atoms with Crippen molar-refractivity contribution < 1.29 is 0 Å². The van der Waals surface area contributed by atoms with Crippen LogP contribution in [0.2, 0.25) is 0 Å². The molecule has 0 saturated heterocycles. The van der Waals surface area contributed by atoms with Gasteiger partial charge in [-0.05, 0) is 35.7 Å². The number of nitrogens with zero attached hydrogens (tertiary/aromatic N) is 2. The molecular formula is C20H15BrN2OS. The molecule has 0 atom stereocenters. The normalized spacial score (nSPS) is 11.1. The van der Waals surface area contributed by atoms with E-state index in [2.05, 4.69) is 33.0 Å². The van der Waals surface area contributed by atoms with Crippen molar-refractivity contribution in [3.63, 3.8) is 0 Å². The molecule has 0 saturated carbocycles. The minimum absolute atomic E-state index is 0.0147. The van der Waals surface area contributed by atoms with Crippen LogP contribution in [0.25, 0.3) is 20.7 Å². The Bertz CT molecular complexity index is 1120. The Morgan fingerprint density at radius 2 is 1.92 bits per heavy atom. The lowest BCUT2D eigenvalue weighted by molar-refractivity contribution is 0.748. The van der Waals surface area contributed by atoms with Crippen LogP contribution in [-0.2, 0) is 6.54 Å². The summed E-state index contributed by atoms with van der Waals surface area (Å²) in [6.07, 6.45) is 1.65. The molecule has 0 spiro atoms. The molecule has 0 N–H and O–H groups in total. The van der Waals surface area contributed by atoms with Gasteiger partial charge >= 0.3 is 0 Å². The molecular weight excluding hydrogens is 396 g/mol. The van der Waals surface area contributed by atoms with E-state index in [1.807, 2.05) is 49.4 Å². The van der Waals surface area contributed by atoms with Gasteiger partial charge in [-0.15, -0.1) is 11.3 Å².